The lowest BCUT2D eigenvalue weighted by atomic mass is 9.79. The predicted molar refractivity (Wildman–Crippen MR) is 77.6 cm³/mol. The summed E-state index contributed by atoms with van der Waals surface area (Å²) in [5.74, 6) is -0.0359. The van der Waals surface area contributed by atoms with Gasteiger partial charge in [-0.25, -0.2) is 0 Å². The molecule has 0 radical (unpaired) electrons. The van der Waals surface area contributed by atoms with Crippen molar-refractivity contribution in [2.45, 2.75) is 89.3 Å². The third-order valence-corrected chi connectivity index (χ3v) is 6.03. The van der Waals surface area contributed by atoms with Crippen molar-refractivity contribution in [2.24, 2.45) is 11.3 Å². The van der Waals surface area contributed by atoms with Gasteiger partial charge in [0.1, 0.15) is 0 Å². The second kappa shape index (κ2) is 5.32. The topological polar surface area (TPSA) is 46.5 Å². The minimum atomic E-state index is -0.588. The molecule has 0 bridgehead atoms. The van der Waals surface area contributed by atoms with Crippen molar-refractivity contribution in [1.82, 2.24) is 0 Å². The van der Waals surface area contributed by atoms with E-state index in [1.54, 1.807) is 0 Å². The standard InChI is InChI=1S/C17H28O3/c1-13-5-9-16(11-13,15(18)19)12-14-6-10-17(20-14)7-3-2-4-8-17/h13-14H,2-12H2,1H3,(H,18,19). The van der Waals surface area contributed by atoms with E-state index in [9.17, 15) is 9.90 Å². The van der Waals surface area contributed by atoms with Gasteiger partial charge in [0.2, 0.25) is 0 Å². The summed E-state index contributed by atoms with van der Waals surface area (Å²) >= 11 is 0. The third-order valence-electron chi connectivity index (χ3n) is 6.03. The zero-order valence-corrected chi connectivity index (χ0v) is 12.7. The molecule has 0 aromatic rings. The van der Waals surface area contributed by atoms with Crippen LogP contribution in [0.1, 0.15) is 77.6 Å². The van der Waals surface area contributed by atoms with Crippen LogP contribution < -0.4 is 0 Å². The van der Waals surface area contributed by atoms with Gasteiger partial charge in [-0.05, 0) is 57.3 Å². The fraction of sp³-hybridized carbons (Fsp3) is 0.941. The van der Waals surface area contributed by atoms with Crippen LogP contribution in [0.15, 0.2) is 0 Å². The Kier molecular flexibility index (Phi) is 3.83. The average Bonchev–Trinajstić information content (AvgIpc) is 2.97. The smallest absolute Gasteiger partial charge is 0.309 e. The molecule has 1 heterocycles. The summed E-state index contributed by atoms with van der Waals surface area (Å²) in [4.78, 5) is 11.8. The second-order valence-electron chi connectivity index (χ2n) is 7.66. The van der Waals surface area contributed by atoms with Gasteiger partial charge in [0.25, 0.3) is 0 Å². The van der Waals surface area contributed by atoms with Crippen LogP contribution in [0.4, 0.5) is 0 Å². The molecule has 0 aromatic heterocycles. The Morgan fingerprint density at radius 1 is 1.15 bits per heavy atom. The van der Waals surface area contributed by atoms with Gasteiger partial charge >= 0.3 is 5.97 Å². The number of carboxylic acids is 1. The van der Waals surface area contributed by atoms with Crippen LogP contribution in [0, 0.1) is 11.3 Å². The normalized spacial score (nSPS) is 40.2. The van der Waals surface area contributed by atoms with Crippen molar-refractivity contribution in [2.75, 3.05) is 0 Å². The highest BCUT2D eigenvalue weighted by atomic mass is 16.5. The van der Waals surface area contributed by atoms with E-state index < -0.39 is 11.4 Å². The lowest BCUT2D eigenvalue weighted by Crippen LogP contribution is -2.35. The van der Waals surface area contributed by atoms with E-state index in [-0.39, 0.29) is 11.7 Å². The summed E-state index contributed by atoms with van der Waals surface area (Å²) in [5.41, 5.74) is -0.378. The molecular weight excluding hydrogens is 252 g/mol. The Morgan fingerprint density at radius 2 is 1.90 bits per heavy atom. The molecule has 20 heavy (non-hydrogen) atoms. The number of hydrogen-bond acceptors (Lipinski definition) is 2. The van der Waals surface area contributed by atoms with Crippen LogP contribution in [0.2, 0.25) is 0 Å². The van der Waals surface area contributed by atoms with Crippen LogP contribution in [0.25, 0.3) is 0 Å². The van der Waals surface area contributed by atoms with Gasteiger partial charge in [0.05, 0.1) is 17.1 Å². The summed E-state index contributed by atoms with van der Waals surface area (Å²) in [6.07, 6.45) is 12.2. The van der Waals surface area contributed by atoms with Crippen molar-refractivity contribution in [3.63, 3.8) is 0 Å². The zero-order chi connectivity index (χ0) is 14.2. The highest BCUT2D eigenvalue weighted by molar-refractivity contribution is 5.75. The minimum Gasteiger partial charge on any atom is -0.481 e. The Morgan fingerprint density at radius 3 is 2.50 bits per heavy atom. The van der Waals surface area contributed by atoms with E-state index in [2.05, 4.69) is 6.92 Å². The molecule has 1 saturated heterocycles. The lowest BCUT2D eigenvalue weighted by molar-refractivity contribution is -0.153. The number of ether oxygens (including phenoxy) is 1. The molecular formula is C17H28O3. The monoisotopic (exact) mass is 280 g/mol. The van der Waals surface area contributed by atoms with Crippen molar-refractivity contribution in [1.29, 1.82) is 0 Å². The van der Waals surface area contributed by atoms with Crippen LogP contribution >= 0.6 is 0 Å². The van der Waals surface area contributed by atoms with Gasteiger partial charge in [-0.3, -0.25) is 4.79 Å². The average molecular weight is 280 g/mol. The summed E-state index contributed by atoms with van der Waals surface area (Å²) in [6, 6.07) is 0. The van der Waals surface area contributed by atoms with Gasteiger partial charge in [0.15, 0.2) is 0 Å². The highest BCUT2D eigenvalue weighted by Gasteiger charge is 2.49. The number of carboxylic acid groups (broad SMARTS) is 1. The summed E-state index contributed by atoms with van der Waals surface area (Å²) in [6.45, 7) is 2.18. The van der Waals surface area contributed by atoms with Crippen molar-refractivity contribution in [3.05, 3.63) is 0 Å². The molecule has 0 aromatic carbocycles. The first-order chi connectivity index (χ1) is 9.54. The molecule has 3 fully saturated rings. The van der Waals surface area contributed by atoms with E-state index in [0.29, 0.717) is 5.92 Å². The van der Waals surface area contributed by atoms with Gasteiger partial charge in [-0.1, -0.05) is 26.2 Å². The molecule has 3 unspecified atom stereocenters. The van der Waals surface area contributed by atoms with Crippen LogP contribution in [0.3, 0.4) is 0 Å². The quantitative estimate of drug-likeness (QED) is 0.844. The first-order valence-corrected chi connectivity index (χ1v) is 8.45. The van der Waals surface area contributed by atoms with Crippen LogP contribution in [-0.4, -0.2) is 22.8 Å². The maximum atomic E-state index is 11.8. The fourth-order valence-corrected chi connectivity index (χ4v) is 4.90. The first kappa shape index (κ1) is 14.4. The van der Waals surface area contributed by atoms with E-state index in [4.69, 9.17) is 4.74 Å². The molecule has 1 aliphatic heterocycles. The van der Waals surface area contributed by atoms with E-state index in [0.717, 1.165) is 38.5 Å². The summed E-state index contributed by atoms with van der Waals surface area (Å²) < 4.78 is 6.40. The molecule has 3 atom stereocenters. The lowest BCUT2D eigenvalue weighted by Gasteiger charge is -2.34. The molecule has 1 N–H and O–H groups in total. The summed E-state index contributed by atoms with van der Waals surface area (Å²) in [7, 11) is 0. The van der Waals surface area contributed by atoms with E-state index in [1.165, 1.54) is 32.1 Å². The second-order valence-corrected chi connectivity index (χ2v) is 7.66. The number of carbonyl (C=O) groups is 1. The molecule has 2 saturated carbocycles. The van der Waals surface area contributed by atoms with E-state index in [1.807, 2.05) is 0 Å². The molecule has 3 aliphatic rings. The Bertz CT molecular complexity index is 372. The Hall–Kier alpha value is -0.570. The largest absolute Gasteiger partial charge is 0.481 e. The number of hydrogen-bond donors (Lipinski definition) is 1. The van der Waals surface area contributed by atoms with Crippen molar-refractivity contribution >= 4 is 5.97 Å². The van der Waals surface area contributed by atoms with Crippen molar-refractivity contribution < 1.29 is 14.6 Å². The molecule has 114 valence electrons. The summed E-state index contributed by atoms with van der Waals surface area (Å²) in [5, 5.41) is 9.69. The van der Waals surface area contributed by atoms with Crippen LogP contribution in [0.5, 0.6) is 0 Å². The molecule has 3 rings (SSSR count). The third kappa shape index (κ3) is 2.61. The van der Waals surface area contributed by atoms with Crippen molar-refractivity contribution in [3.8, 4) is 0 Å². The first-order valence-electron chi connectivity index (χ1n) is 8.45. The van der Waals surface area contributed by atoms with Gasteiger partial charge in [-0.2, -0.15) is 0 Å². The minimum absolute atomic E-state index is 0.118. The number of aliphatic carboxylic acids is 1. The Balaban J connectivity index is 1.64. The molecule has 3 nitrogen and oxygen atoms in total. The Labute approximate surface area is 122 Å². The molecule has 3 heteroatoms. The van der Waals surface area contributed by atoms with Gasteiger partial charge < -0.3 is 9.84 Å². The molecule has 1 spiro atoms. The SMILES string of the molecule is CC1CCC(CC2CCC3(CCCCC3)O2)(C(=O)O)C1. The molecule has 2 aliphatic carbocycles. The fourth-order valence-electron chi connectivity index (χ4n) is 4.90. The van der Waals surface area contributed by atoms with E-state index >= 15 is 0 Å². The maximum absolute atomic E-state index is 11.8. The zero-order valence-electron chi connectivity index (χ0n) is 12.7. The number of rotatable bonds is 3. The van der Waals surface area contributed by atoms with Gasteiger partial charge in [-0.15, -0.1) is 0 Å². The highest BCUT2D eigenvalue weighted by Crippen LogP contribution is 2.50. The molecule has 0 amide bonds. The predicted octanol–water partition coefficient (Wildman–Crippen LogP) is 4.15. The maximum Gasteiger partial charge on any atom is 0.309 e. The van der Waals surface area contributed by atoms with Gasteiger partial charge in [0, 0.05) is 0 Å². The van der Waals surface area contributed by atoms with Crippen LogP contribution in [-0.2, 0) is 9.53 Å².